The van der Waals surface area contributed by atoms with Crippen LogP contribution in [0.4, 0.5) is 5.69 Å². The first-order chi connectivity index (χ1) is 15.0. The summed E-state index contributed by atoms with van der Waals surface area (Å²) in [5, 5.41) is 2.85. The van der Waals surface area contributed by atoms with Crippen molar-refractivity contribution in [2.45, 2.75) is 64.5 Å². The first-order valence-electron chi connectivity index (χ1n) is 11.1. The van der Waals surface area contributed by atoms with Crippen LogP contribution in [0.5, 0.6) is 0 Å². The maximum Gasteiger partial charge on any atom is 0.338 e. The predicted molar refractivity (Wildman–Crippen MR) is 125 cm³/mol. The van der Waals surface area contributed by atoms with E-state index in [1.165, 1.54) is 24.6 Å². The number of amidine groups is 1. The minimum atomic E-state index is -0.485. The summed E-state index contributed by atoms with van der Waals surface area (Å²) < 4.78 is 5.01. The second kappa shape index (κ2) is 13.1. The second-order valence-corrected chi connectivity index (χ2v) is 8.50. The molecule has 1 fully saturated rings. The van der Waals surface area contributed by atoms with Gasteiger partial charge in [0, 0.05) is 19.5 Å². The molecular weight excluding hydrogens is 414 g/mol. The van der Waals surface area contributed by atoms with Gasteiger partial charge in [0.25, 0.3) is 0 Å². The summed E-state index contributed by atoms with van der Waals surface area (Å²) in [6.45, 7) is 7.22. The molecule has 0 saturated carbocycles. The van der Waals surface area contributed by atoms with Crippen molar-refractivity contribution >= 4 is 40.4 Å². The van der Waals surface area contributed by atoms with E-state index >= 15 is 0 Å². The Bertz CT molecular complexity index is 780. The summed E-state index contributed by atoms with van der Waals surface area (Å²) in [5.41, 5.74) is 1.07. The quantitative estimate of drug-likeness (QED) is 0.404. The van der Waals surface area contributed by atoms with Crippen molar-refractivity contribution in [2.24, 2.45) is 4.99 Å². The van der Waals surface area contributed by atoms with Gasteiger partial charge in [-0.1, -0.05) is 44.4 Å². The largest absolute Gasteiger partial charge is 0.462 e. The maximum atomic E-state index is 12.8. The standard InChI is InChI=1S/C23H33N3O4S/c1-4-7-8-9-10-15-26-20(27)16-19(21(28)24-5-2)31-23(26)25-18-13-11-17(12-14-18)22(29)30-6-3/h11-14,19H,4-10,15-16H2,1-3H3,(H,24,28). The molecular formula is C23H33N3O4S. The summed E-state index contributed by atoms with van der Waals surface area (Å²) in [6.07, 6.45) is 5.64. The number of nitrogens with zero attached hydrogens (tertiary/aromatic N) is 2. The van der Waals surface area contributed by atoms with Gasteiger partial charge in [-0.05, 0) is 44.5 Å². The van der Waals surface area contributed by atoms with Crippen LogP contribution in [0.1, 0.15) is 69.7 Å². The van der Waals surface area contributed by atoms with Crippen molar-refractivity contribution in [1.29, 1.82) is 0 Å². The van der Waals surface area contributed by atoms with E-state index in [-0.39, 0.29) is 24.2 Å². The number of aliphatic imine (C=N–C) groups is 1. The minimum Gasteiger partial charge on any atom is -0.462 e. The lowest BCUT2D eigenvalue weighted by molar-refractivity contribution is -0.130. The summed E-state index contributed by atoms with van der Waals surface area (Å²) in [7, 11) is 0. The number of ether oxygens (including phenoxy) is 1. The molecule has 1 aromatic rings. The van der Waals surface area contributed by atoms with E-state index < -0.39 is 5.25 Å². The van der Waals surface area contributed by atoms with Gasteiger partial charge in [0.1, 0.15) is 0 Å². The van der Waals surface area contributed by atoms with Crippen LogP contribution in [0.15, 0.2) is 29.3 Å². The number of amides is 2. The van der Waals surface area contributed by atoms with Gasteiger partial charge in [-0.25, -0.2) is 9.79 Å². The van der Waals surface area contributed by atoms with E-state index in [4.69, 9.17) is 4.74 Å². The van der Waals surface area contributed by atoms with Crippen LogP contribution in [0.25, 0.3) is 0 Å². The number of nitrogens with one attached hydrogen (secondary N) is 1. The zero-order chi connectivity index (χ0) is 22.6. The van der Waals surface area contributed by atoms with Gasteiger partial charge in [0.2, 0.25) is 11.8 Å². The molecule has 1 N–H and O–H groups in total. The maximum absolute atomic E-state index is 12.8. The Morgan fingerprint density at radius 2 is 1.84 bits per heavy atom. The molecule has 2 amide bonds. The van der Waals surface area contributed by atoms with E-state index in [0.717, 1.165) is 19.3 Å². The molecule has 0 aromatic heterocycles. The molecule has 8 heteroatoms. The lowest BCUT2D eigenvalue weighted by Crippen LogP contribution is -2.47. The molecule has 1 unspecified atom stereocenters. The zero-order valence-electron chi connectivity index (χ0n) is 18.7. The third kappa shape index (κ3) is 7.69. The van der Waals surface area contributed by atoms with Crippen LogP contribution in [-0.2, 0) is 14.3 Å². The topological polar surface area (TPSA) is 88.1 Å². The lowest BCUT2D eigenvalue weighted by atomic mass is 10.1. The monoisotopic (exact) mass is 447 g/mol. The SMILES string of the molecule is CCCCCCCN1C(=O)CC(C(=O)NCC)SC1=Nc1ccc(C(=O)OCC)cc1. The Hall–Kier alpha value is -2.35. The van der Waals surface area contributed by atoms with Gasteiger partial charge in [-0.3, -0.25) is 14.5 Å². The number of hydrogen-bond donors (Lipinski definition) is 1. The number of thioether (sulfide) groups is 1. The number of unbranched alkanes of at least 4 members (excludes halogenated alkanes) is 4. The average molecular weight is 448 g/mol. The van der Waals surface area contributed by atoms with Gasteiger partial charge >= 0.3 is 5.97 Å². The molecule has 0 spiro atoms. The van der Waals surface area contributed by atoms with E-state index in [9.17, 15) is 14.4 Å². The number of benzene rings is 1. The van der Waals surface area contributed by atoms with E-state index in [1.54, 1.807) is 36.1 Å². The van der Waals surface area contributed by atoms with Gasteiger partial charge in [-0.2, -0.15) is 0 Å². The molecule has 0 aliphatic carbocycles. The smallest absolute Gasteiger partial charge is 0.338 e. The van der Waals surface area contributed by atoms with Crippen molar-refractivity contribution in [3.8, 4) is 0 Å². The molecule has 1 saturated heterocycles. The molecule has 1 aliphatic heterocycles. The summed E-state index contributed by atoms with van der Waals surface area (Å²) in [5.74, 6) is -0.602. The van der Waals surface area contributed by atoms with E-state index in [1.807, 2.05) is 6.92 Å². The van der Waals surface area contributed by atoms with Crippen molar-refractivity contribution in [3.63, 3.8) is 0 Å². The van der Waals surface area contributed by atoms with Crippen molar-refractivity contribution in [3.05, 3.63) is 29.8 Å². The number of carbonyl (C=O) groups is 3. The zero-order valence-corrected chi connectivity index (χ0v) is 19.5. The molecule has 1 atom stereocenters. The third-order valence-corrected chi connectivity index (χ3v) is 6.06. The van der Waals surface area contributed by atoms with Crippen molar-refractivity contribution < 1.29 is 19.1 Å². The Kier molecular flexibility index (Phi) is 10.6. The molecule has 1 aromatic carbocycles. The third-order valence-electron chi connectivity index (χ3n) is 4.87. The summed E-state index contributed by atoms with van der Waals surface area (Å²) >= 11 is 1.32. The fraction of sp³-hybridized carbons (Fsp3) is 0.565. The Balaban J connectivity index is 2.19. The van der Waals surface area contributed by atoms with Crippen molar-refractivity contribution in [2.75, 3.05) is 19.7 Å². The lowest BCUT2D eigenvalue weighted by Gasteiger charge is -2.31. The van der Waals surface area contributed by atoms with E-state index in [0.29, 0.717) is 36.1 Å². The number of rotatable bonds is 11. The van der Waals surface area contributed by atoms with Crippen LogP contribution >= 0.6 is 11.8 Å². The highest BCUT2D eigenvalue weighted by molar-refractivity contribution is 8.15. The van der Waals surface area contributed by atoms with Gasteiger partial charge < -0.3 is 10.1 Å². The number of carbonyl (C=O) groups excluding carboxylic acids is 3. The first-order valence-corrected chi connectivity index (χ1v) is 12.0. The molecule has 0 radical (unpaired) electrons. The highest BCUT2D eigenvalue weighted by Gasteiger charge is 2.35. The fourth-order valence-electron chi connectivity index (χ4n) is 3.22. The molecule has 170 valence electrons. The fourth-order valence-corrected chi connectivity index (χ4v) is 4.37. The molecule has 1 aliphatic rings. The Labute approximate surface area is 189 Å². The Morgan fingerprint density at radius 1 is 1.13 bits per heavy atom. The average Bonchev–Trinajstić information content (AvgIpc) is 2.75. The van der Waals surface area contributed by atoms with Gasteiger partial charge in [0.15, 0.2) is 5.17 Å². The van der Waals surface area contributed by atoms with Crippen LogP contribution in [0.2, 0.25) is 0 Å². The molecule has 2 rings (SSSR count). The number of esters is 1. The van der Waals surface area contributed by atoms with Crippen LogP contribution in [-0.4, -0.2) is 52.8 Å². The molecule has 1 heterocycles. The molecule has 7 nitrogen and oxygen atoms in total. The van der Waals surface area contributed by atoms with Crippen molar-refractivity contribution in [1.82, 2.24) is 10.2 Å². The van der Waals surface area contributed by atoms with E-state index in [2.05, 4.69) is 17.2 Å². The minimum absolute atomic E-state index is 0.0765. The van der Waals surface area contributed by atoms with Gasteiger partial charge in [-0.15, -0.1) is 0 Å². The summed E-state index contributed by atoms with van der Waals surface area (Å²) in [4.78, 5) is 43.4. The highest BCUT2D eigenvalue weighted by atomic mass is 32.2. The van der Waals surface area contributed by atoms with Crippen LogP contribution in [0, 0.1) is 0 Å². The van der Waals surface area contributed by atoms with Gasteiger partial charge in [0.05, 0.1) is 23.1 Å². The summed E-state index contributed by atoms with van der Waals surface area (Å²) in [6, 6.07) is 6.75. The molecule has 0 bridgehead atoms. The number of hydrogen-bond acceptors (Lipinski definition) is 6. The highest BCUT2D eigenvalue weighted by Crippen LogP contribution is 2.29. The normalized spacial score (nSPS) is 17.6. The van der Waals surface area contributed by atoms with Crippen LogP contribution < -0.4 is 5.32 Å². The predicted octanol–water partition coefficient (Wildman–Crippen LogP) is 4.29. The second-order valence-electron chi connectivity index (χ2n) is 7.33. The first kappa shape index (κ1) is 24.9. The van der Waals surface area contributed by atoms with Crippen LogP contribution in [0.3, 0.4) is 0 Å². The molecule has 31 heavy (non-hydrogen) atoms. The Morgan fingerprint density at radius 3 is 2.48 bits per heavy atom.